The van der Waals surface area contributed by atoms with E-state index in [0.717, 1.165) is 10.9 Å². The second kappa shape index (κ2) is 4.78. The van der Waals surface area contributed by atoms with Crippen LogP contribution in [0.1, 0.15) is 11.1 Å². The molecule has 0 saturated heterocycles. The molecule has 0 radical (unpaired) electrons. The minimum atomic E-state index is -0.354. The summed E-state index contributed by atoms with van der Waals surface area (Å²) in [6, 6.07) is 12.5. The lowest BCUT2D eigenvalue weighted by atomic mass is 10.1. The number of benzene rings is 2. The fourth-order valence-electron chi connectivity index (χ4n) is 2.26. The van der Waals surface area contributed by atoms with Gasteiger partial charge in [-0.1, -0.05) is 0 Å². The summed E-state index contributed by atoms with van der Waals surface area (Å²) in [5.74, 6) is -0.652. The summed E-state index contributed by atoms with van der Waals surface area (Å²) in [6.45, 7) is 0.302. The Hall–Kier alpha value is -2.67. The zero-order valence-electron chi connectivity index (χ0n) is 10.5. The summed E-state index contributed by atoms with van der Waals surface area (Å²) in [7, 11) is 0. The Bertz CT molecular complexity index is 828. The maximum atomic E-state index is 13.8. The molecule has 1 heterocycles. The van der Waals surface area contributed by atoms with Crippen LogP contribution < -0.4 is 0 Å². The van der Waals surface area contributed by atoms with Crippen LogP contribution in [0, 0.1) is 23.0 Å². The van der Waals surface area contributed by atoms with Crippen LogP contribution in [0.4, 0.5) is 8.78 Å². The van der Waals surface area contributed by atoms with Crippen LogP contribution in [-0.2, 0) is 6.54 Å². The Morgan fingerprint density at radius 2 is 1.90 bits per heavy atom. The topological polar surface area (TPSA) is 28.7 Å². The van der Waals surface area contributed by atoms with E-state index in [9.17, 15) is 8.78 Å². The number of hydrogen-bond acceptors (Lipinski definition) is 1. The Morgan fingerprint density at radius 1 is 1.05 bits per heavy atom. The van der Waals surface area contributed by atoms with Gasteiger partial charge in [-0.15, -0.1) is 0 Å². The monoisotopic (exact) mass is 268 g/mol. The van der Waals surface area contributed by atoms with Gasteiger partial charge in [0.25, 0.3) is 0 Å². The van der Waals surface area contributed by atoms with Crippen LogP contribution in [-0.4, -0.2) is 4.57 Å². The highest BCUT2D eigenvalue weighted by Gasteiger charge is 2.07. The van der Waals surface area contributed by atoms with E-state index in [1.54, 1.807) is 18.3 Å². The van der Waals surface area contributed by atoms with Gasteiger partial charge in [0.1, 0.15) is 11.6 Å². The first-order chi connectivity index (χ1) is 9.67. The third kappa shape index (κ3) is 2.14. The summed E-state index contributed by atoms with van der Waals surface area (Å²) in [6.07, 6.45) is 1.78. The number of hydrogen-bond donors (Lipinski definition) is 0. The van der Waals surface area contributed by atoms with Crippen molar-refractivity contribution in [3.63, 3.8) is 0 Å². The lowest BCUT2D eigenvalue weighted by Gasteiger charge is -2.07. The van der Waals surface area contributed by atoms with Gasteiger partial charge in [0.2, 0.25) is 0 Å². The van der Waals surface area contributed by atoms with Crippen LogP contribution >= 0.6 is 0 Å². The van der Waals surface area contributed by atoms with Crippen molar-refractivity contribution in [3.8, 4) is 6.07 Å². The SMILES string of the molecule is N#Cc1ccc(F)c(Cn2ccc3cc(F)ccc32)c1. The van der Waals surface area contributed by atoms with Crippen molar-refractivity contribution in [3.05, 3.63) is 71.4 Å². The van der Waals surface area contributed by atoms with Crippen molar-refractivity contribution in [2.45, 2.75) is 6.54 Å². The minimum absolute atomic E-state index is 0.298. The average molecular weight is 268 g/mol. The molecule has 0 aliphatic carbocycles. The molecular weight excluding hydrogens is 258 g/mol. The molecule has 0 saturated carbocycles. The number of nitrogens with zero attached hydrogens (tertiary/aromatic N) is 2. The Labute approximate surface area is 114 Å². The highest BCUT2D eigenvalue weighted by Crippen LogP contribution is 2.20. The van der Waals surface area contributed by atoms with Crippen molar-refractivity contribution in [2.24, 2.45) is 0 Å². The first kappa shape index (κ1) is 12.4. The van der Waals surface area contributed by atoms with E-state index in [4.69, 9.17) is 5.26 Å². The Kier molecular flexibility index (Phi) is 2.96. The van der Waals surface area contributed by atoms with E-state index in [1.807, 2.05) is 10.6 Å². The lowest BCUT2D eigenvalue weighted by molar-refractivity contribution is 0.601. The van der Waals surface area contributed by atoms with Gasteiger partial charge in [-0.05, 0) is 42.5 Å². The second-order valence-electron chi connectivity index (χ2n) is 4.56. The molecular formula is C16H10F2N2. The van der Waals surface area contributed by atoms with Gasteiger partial charge >= 0.3 is 0 Å². The number of halogens is 2. The third-order valence-corrected chi connectivity index (χ3v) is 3.25. The molecule has 2 aromatic carbocycles. The molecule has 20 heavy (non-hydrogen) atoms. The molecule has 0 atom stereocenters. The molecule has 3 rings (SSSR count). The molecule has 0 spiro atoms. The highest BCUT2D eigenvalue weighted by molar-refractivity contribution is 5.80. The van der Waals surface area contributed by atoms with Crippen LogP contribution in [0.15, 0.2) is 48.7 Å². The van der Waals surface area contributed by atoms with Crippen LogP contribution in [0.5, 0.6) is 0 Å². The van der Waals surface area contributed by atoms with Gasteiger partial charge in [0, 0.05) is 22.7 Å². The number of rotatable bonds is 2. The normalized spacial score (nSPS) is 10.7. The molecule has 0 N–H and O–H groups in total. The van der Waals surface area contributed by atoms with Gasteiger partial charge in [-0.2, -0.15) is 5.26 Å². The van der Waals surface area contributed by atoms with E-state index in [-0.39, 0.29) is 11.6 Å². The van der Waals surface area contributed by atoms with E-state index < -0.39 is 0 Å². The summed E-state index contributed by atoms with van der Waals surface area (Å²) in [5.41, 5.74) is 1.68. The minimum Gasteiger partial charge on any atom is -0.343 e. The maximum Gasteiger partial charge on any atom is 0.128 e. The molecule has 0 unspecified atom stereocenters. The van der Waals surface area contributed by atoms with Crippen LogP contribution in [0.3, 0.4) is 0 Å². The predicted octanol–water partition coefficient (Wildman–Crippen LogP) is 3.84. The summed E-state index contributed by atoms with van der Waals surface area (Å²) in [4.78, 5) is 0. The first-order valence-corrected chi connectivity index (χ1v) is 6.10. The van der Waals surface area contributed by atoms with Gasteiger partial charge in [0.15, 0.2) is 0 Å². The quantitative estimate of drug-likeness (QED) is 0.694. The molecule has 4 heteroatoms. The Balaban J connectivity index is 2.03. The summed E-state index contributed by atoms with van der Waals surface area (Å²) >= 11 is 0. The van der Waals surface area contributed by atoms with Gasteiger partial charge in [-0.3, -0.25) is 0 Å². The number of fused-ring (bicyclic) bond motifs is 1. The van der Waals surface area contributed by atoms with Crippen molar-refractivity contribution >= 4 is 10.9 Å². The second-order valence-corrected chi connectivity index (χ2v) is 4.56. The summed E-state index contributed by atoms with van der Waals surface area (Å²) in [5, 5.41) is 9.63. The van der Waals surface area contributed by atoms with E-state index in [1.165, 1.54) is 30.3 Å². The number of nitriles is 1. The predicted molar refractivity (Wildman–Crippen MR) is 72.1 cm³/mol. The van der Waals surface area contributed by atoms with Crippen LogP contribution in [0.2, 0.25) is 0 Å². The molecule has 0 amide bonds. The largest absolute Gasteiger partial charge is 0.343 e. The molecule has 3 aromatic rings. The van der Waals surface area contributed by atoms with Crippen molar-refractivity contribution < 1.29 is 8.78 Å². The molecule has 98 valence electrons. The fourth-order valence-corrected chi connectivity index (χ4v) is 2.26. The van der Waals surface area contributed by atoms with Crippen molar-refractivity contribution in [1.29, 1.82) is 5.26 Å². The van der Waals surface area contributed by atoms with Crippen LogP contribution in [0.25, 0.3) is 10.9 Å². The molecule has 0 fully saturated rings. The zero-order chi connectivity index (χ0) is 14.1. The number of aromatic nitrogens is 1. The summed E-state index contributed by atoms with van der Waals surface area (Å²) < 4.78 is 28.7. The van der Waals surface area contributed by atoms with E-state index >= 15 is 0 Å². The average Bonchev–Trinajstić information content (AvgIpc) is 2.83. The molecule has 2 nitrogen and oxygen atoms in total. The van der Waals surface area contributed by atoms with Gasteiger partial charge < -0.3 is 4.57 Å². The standard InChI is InChI=1S/C16H10F2N2/c17-14-2-4-16-12(8-14)5-6-20(16)10-13-7-11(9-19)1-3-15(13)18/h1-8H,10H2. The molecule has 0 aliphatic heterocycles. The van der Waals surface area contributed by atoms with Gasteiger partial charge in [-0.25, -0.2) is 8.78 Å². The molecule has 1 aromatic heterocycles. The third-order valence-electron chi connectivity index (χ3n) is 3.25. The fraction of sp³-hybridized carbons (Fsp3) is 0.0625. The highest BCUT2D eigenvalue weighted by atomic mass is 19.1. The van der Waals surface area contributed by atoms with E-state index in [0.29, 0.717) is 17.7 Å². The zero-order valence-corrected chi connectivity index (χ0v) is 10.5. The molecule has 0 bridgehead atoms. The maximum absolute atomic E-state index is 13.8. The first-order valence-electron chi connectivity index (χ1n) is 6.10. The Morgan fingerprint density at radius 3 is 2.70 bits per heavy atom. The van der Waals surface area contributed by atoms with Crippen molar-refractivity contribution in [2.75, 3.05) is 0 Å². The smallest absolute Gasteiger partial charge is 0.128 e. The van der Waals surface area contributed by atoms with Gasteiger partial charge in [0.05, 0.1) is 18.2 Å². The lowest BCUT2D eigenvalue weighted by Crippen LogP contribution is -2.01. The van der Waals surface area contributed by atoms with Crippen molar-refractivity contribution in [1.82, 2.24) is 4.57 Å². The van der Waals surface area contributed by atoms with E-state index in [2.05, 4.69) is 0 Å². The molecule has 0 aliphatic rings.